The Morgan fingerprint density at radius 1 is 1.22 bits per heavy atom. The molecule has 6 nitrogen and oxygen atoms in total. The maximum absolute atomic E-state index is 13.0. The van der Waals surface area contributed by atoms with Gasteiger partial charge >= 0.3 is 6.09 Å². The first kappa shape index (κ1) is 23.3. The highest BCUT2D eigenvalue weighted by Crippen LogP contribution is 2.55. The number of alkyl halides is 1. The van der Waals surface area contributed by atoms with E-state index in [0.717, 1.165) is 4.90 Å². The molecule has 1 spiro atoms. The second-order valence-corrected chi connectivity index (χ2v) is 11.2. The molecule has 1 aromatic rings. The molecule has 1 fully saturated rings. The van der Waals surface area contributed by atoms with Crippen molar-refractivity contribution in [2.75, 3.05) is 6.54 Å². The first-order valence-electron chi connectivity index (χ1n) is 10.6. The zero-order valence-corrected chi connectivity index (χ0v) is 20.1. The number of carbonyl (C=O) groups is 2. The minimum Gasteiger partial charge on any atom is -0.443 e. The van der Waals surface area contributed by atoms with Crippen LogP contribution in [0.4, 0.5) is 4.79 Å². The van der Waals surface area contributed by atoms with Crippen molar-refractivity contribution >= 4 is 35.2 Å². The number of benzene rings is 1. The number of nitrogens with zero attached hydrogens (tertiary/aromatic N) is 1. The van der Waals surface area contributed by atoms with Crippen LogP contribution in [0.2, 0.25) is 0 Å². The maximum atomic E-state index is 13.0. The first-order valence-corrected chi connectivity index (χ1v) is 11.3. The number of amides is 2. The molecule has 1 saturated heterocycles. The Bertz CT molecular complexity index is 1040. The molecule has 3 atom stereocenters. The fourth-order valence-corrected chi connectivity index (χ4v) is 5.34. The van der Waals surface area contributed by atoms with Gasteiger partial charge in [0.25, 0.3) is 0 Å². The zero-order chi connectivity index (χ0) is 23.5. The van der Waals surface area contributed by atoms with Crippen LogP contribution in [0.3, 0.4) is 0 Å². The molecule has 0 bridgehead atoms. The summed E-state index contributed by atoms with van der Waals surface area (Å²) in [4.78, 5) is 25.9. The number of ether oxygens (including phenoxy) is 2. The lowest BCUT2D eigenvalue weighted by molar-refractivity contribution is -0.242. The van der Waals surface area contributed by atoms with E-state index >= 15 is 0 Å². The molecule has 1 aliphatic carbocycles. The molecule has 1 N–H and O–H groups in total. The van der Waals surface area contributed by atoms with Crippen molar-refractivity contribution in [3.63, 3.8) is 0 Å². The van der Waals surface area contributed by atoms with Crippen LogP contribution < -0.4 is 0 Å². The standard InChI is InChI=1S/C24H27Cl2NO5/c1-21(2,3)31-20(29)27-10-9-23(14-19(27)28)17-7-5-6-8-18(17)24(30,32-23)15-11-16(25)13-22(4,26)12-15/h5-8,11-12,30H,9-10,13-14H2,1-4H3. The summed E-state index contributed by atoms with van der Waals surface area (Å²) in [6, 6.07) is 7.26. The number of halogens is 2. The molecule has 8 heteroatoms. The quantitative estimate of drug-likeness (QED) is 0.569. The van der Waals surface area contributed by atoms with Gasteiger partial charge in [-0.25, -0.2) is 9.69 Å². The predicted octanol–water partition coefficient (Wildman–Crippen LogP) is 5.07. The van der Waals surface area contributed by atoms with Crippen molar-refractivity contribution in [2.45, 2.75) is 68.8 Å². The number of hydrogen-bond acceptors (Lipinski definition) is 5. The van der Waals surface area contributed by atoms with Crippen molar-refractivity contribution < 1.29 is 24.2 Å². The summed E-state index contributed by atoms with van der Waals surface area (Å²) < 4.78 is 11.7. The molecule has 2 amide bonds. The summed E-state index contributed by atoms with van der Waals surface area (Å²) in [5.74, 6) is -2.24. The van der Waals surface area contributed by atoms with Gasteiger partial charge in [0.1, 0.15) is 11.2 Å². The van der Waals surface area contributed by atoms with Crippen molar-refractivity contribution in [1.29, 1.82) is 0 Å². The lowest BCUT2D eigenvalue weighted by atomic mass is 9.82. The number of piperidine rings is 1. The summed E-state index contributed by atoms with van der Waals surface area (Å²) in [6.07, 6.45) is 3.38. The van der Waals surface area contributed by atoms with Gasteiger partial charge in [-0.05, 0) is 45.8 Å². The van der Waals surface area contributed by atoms with Crippen LogP contribution in [0.1, 0.15) is 58.1 Å². The van der Waals surface area contributed by atoms with E-state index in [1.807, 2.05) is 19.1 Å². The second-order valence-electron chi connectivity index (χ2n) is 9.88. The van der Waals surface area contributed by atoms with Gasteiger partial charge in [0.15, 0.2) is 0 Å². The van der Waals surface area contributed by atoms with Gasteiger partial charge in [-0.3, -0.25) is 4.79 Å². The number of aliphatic hydroxyl groups is 1. The van der Waals surface area contributed by atoms with Gasteiger partial charge in [0.05, 0.1) is 11.3 Å². The molecule has 0 aromatic heterocycles. The third-order valence-electron chi connectivity index (χ3n) is 5.89. The van der Waals surface area contributed by atoms with Crippen molar-refractivity contribution in [3.05, 3.63) is 58.1 Å². The van der Waals surface area contributed by atoms with E-state index in [1.165, 1.54) is 0 Å². The topological polar surface area (TPSA) is 76.1 Å². The van der Waals surface area contributed by atoms with Crippen molar-refractivity contribution in [1.82, 2.24) is 4.90 Å². The molecular weight excluding hydrogens is 453 g/mol. The molecule has 0 radical (unpaired) electrons. The largest absolute Gasteiger partial charge is 0.443 e. The number of fused-ring (bicyclic) bond motifs is 2. The predicted molar refractivity (Wildman–Crippen MR) is 121 cm³/mol. The van der Waals surface area contributed by atoms with Crippen LogP contribution in [0.25, 0.3) is 0 Å². The van der Waals surface area contributed by atoms with Crippen molar-refractivity contribution in [3.8, 4) is 0 Å². The minimum atomic E-state index is -1.82. The Morgan fingerprint density at radius 3 is 2.47 bits per heavy atom. The number of allylic oxidation sites excluding steroid dienone is 2. The fourth-order valence-electron chi connectivity index (χ4n) is 4.62. The summed E-state index contributed by atoms with van der Waals surface area (Å²) in [6.45, 7) is 7.17. The molecular formula is C24H27Cl2NO5. The van der Waals surface area contributed by atoms with Crippen LogP contribution in [-0.2, 0) is 25.7 Å². The van der Waals surface area contributed by atoms with Crippen LogP contribution in [0.15, 0.2) is 47.0 Å². The lowest BCUT2D eigenvalue weighted by Gasteiger charge is -2.40. The van der Waals surface area contributed by atoms with E-state index in [2.05, 4.69) is 0 Å². The van der Waals surface area contributed by atoms with Gasteiger partial charge in [0, 0.05) is 29.1 Å². The van der Waals surface area contributed by atoms with Gasteiger partial charge in [-0.15, -0.1) is 11.6 Å². The third-order valence-corrected chi connectivity index (χ3v) is 6.38. The number of likely N-dealkylation sites (tertiary alicyclic amines) is 1. The summed E-state index contributed by atoms with van der Waals surface area (Å²) in [5.41, 5.74) is -0.108. The summed E-state index contributed by atoms with van der Waals surface area (Å²) in [5, 5.41) is 12.3. The number of hydrogen-bond donors (Lipinski definition) is 1. The maximum Gasteiger partial charge on any atom is 0.417 e. The summed E-state index contributed by atoms with van der Waals surface area (Å²) in [7, 11) is 0. The third kappa shape index (κ3) is 4.10. The monoisotopic (exact) mass is 479 g/mol. The highest BCUT2D eigenvalue weighted by Gasteiger charge is 2.57. The van der Waals surface area contributed by atoms with E-state index in [0.29, 0.717) is 34.6 Å². The Kier molecular flexibility index (Phi) is 5.53. The molecule has 2 heterocycles. The molecule has 1 aromatic carbocycles. The molecule has 32 heavy (non-hydrogen) atoms. The number of imide groups is 1. The minimum absolute atomic E-state index is 0.103. The van der Waals surface area contributed by atoms with Gasteiger partial charge in [0.2, 0.25) is 11.7 Å². The second kappa shape index (κ2) is 7.59. The molecule has 4 rings (SSSR count). The summed E-state index contributed by atoms with van der Waals surface area (Å²) >= 11 is 12.9. The van der Waals surface area contributed by atoms with Gasteiger partial charge in [-0.1, -0.05) is 41.9 Å². The Labute approximate surface area is 197 Å². The van der Waals surface area contributed by atoms with Crippen LogP contribution in [-0.4, -0.2) is 39.0 Å². The Balaban J connectivity index is 1.69. The van der Waals surface area contributed by atoms with E-state index in [-0.39, 0.29) is 13.0 Å². The molecule has 3 unspecified atom stereocenters. The van der Waals surface area contributed by atoms with Crippen LogP contribution in [0.5, 0.6) is 0 Å². The lowest BCUT2D eigenvalue weighted by Crippen LogP contribution is -2.51. The van der Waals surface area contributed by atoms with Gasteiger partial charge < -0.3 is 14.6 Å². The Morgan fingerprint density at radius 2 is 1.88 bits per heavy atom. The molecule has 172 valence electrons. The smallest absolute Gasteiger partial charge is 0.417 e. The average Bonchev–Trinajstić information content (AvgIpc) is 2.88. The van der Waals surface area contributed by atoms with Crippen LogP contribution in [0, 0.1) is 0 Å². The number of carbonyl (C=O) groups excluding carboxylic acids is 2. The molecule has 0 saturated carbocycles. The van der Waals surface area contributed by atoms with Crippen LogP contribution >= 0.6 is 23.2 Å². The van der Waals surface area contributed by atoms with E-state index in [4.69, 9.17) is 32.7 Å². The highest BCUT2D eigenvalue weighted by molar-refractivity contribution is 6.32. The van der Waals surface area contributed by atoms with Gasteiger partial charge in [-0.2, -0.15) is 0 Å². The SMILES string of the molecule is CC1(Cl)C=C(C2(O)OC3(CCN(C(=O)OC(C)(C)C)C(=O)C3)c3ccccc32)C=C(Cl)C1. The highest BCUT2D eigenvalue weighted by atomic mass is 35.5. The zero-order valence-electron chi connectivity index (χ0n) is 18.6. The molecule has 3 aliphatic rings. The van der Waals surface area contributed by atoms with E-state index in [1.54, 1.807) is 45.1 Å². The first-order chi connectivity index (χ1) is 14.7. The average molecular weight is 480 g/mol. The Hall–Kier alpha value is -1.86. The number of rotatable bonds is 1. The van der Waals surface area contributed by atoms with E-state index < -0.39 is 33.9 Å². The fraction of sp³-hybridized carbons (Fsp3) is 0.500. The normalized spacial score (nSPS) is 32.5. The van der Waals surface area contributed by atoms with Crippen molar-refractivity contribution in [2.24, 2.45) is 0 Å². The molecule has 2 aliphatic heterocycles. The van der Waals surface area contributed by atoms with E-state index in [9.17, 15) is 14.7 Å².